The van der Waals surface area contributed by atoms with Gasteiger partial charge in [0.15, 0.2) is 5.16 Å². The SMILES string of the molecule is O=C(CSc1nc2cc(Cl)ccc2c(=O)n1-c1ccc(Cl)cc1)N(Cc1ccccc1)Cc1ccccc1. The summed E-state index contributed by atoms with van der Waals surface area (Å²) < 4.78 is 1.52. The average Bonchev–Trinajstić information content (AvgIpc) is 2.93. The Morgan fingerprint density at radius 3 is 1.97 bits per heavy atom. The summed E-state index contributed by atoms with van der Waals surface area (Å²) in [6.45, 7) is 0.944. The lowest BCUT2D eigenvalue weighted by Gasteiger charge is -2.23. The number of fused-ring (bicyclic) bond motifs is 1. The first-order valence-electron chi connectivity index (χ1n) is 11.9. The molecule has 5 nitrogen and oxygen atoms in total. The normalized spacial score (nSPS) is 11.0. The Labute approximate surface area is 234 Å². The summed E-state index contributed by atoms with van der Waals surface area (Å²) in [5.41, 5.74) is 2.93. The molecule has 0 saturated heterocycles. The topological polar surface area (TPSA) is 55.2 Å². The smallest absolute Gasteiger partial charge is 0.266 e. The molecule has 0 fully saturated rings. The Bertz CT molecular complexity index is 1580. The van der Waals surface area contributed by atoms with E-state index in [1.807, 2.05) is 65.6 Å². The molecule has 0 radical (unpaired) electrons. The summed E-state index contributed by atoms with van der Waals surface area (Å²) >= 11 is 13.5. The molecule has 5 aromatic rings. The Hall–Kier alpha value is -3.58. The van der Waals surface area contributed by atoms with Crippen molar-refractivity contribution < 1.29 is 4.79 Å². The molecule has 5 rings (SSSR count). The van der Waals surface area contributed by atoms with Gasteiger partial charge in [-0.25, -0.2) is 4.98 Å². The summed E-state index contributed by atoms with van der Waals surface area (Å²) in [5, 5.41) is 1.89. The number of aromatic nitrogens is 2. The third-order valence-electron chi connectivity index (χ3n) is 6.00. The van der Waals surface area contributed by atoms with Crippen molar-refractivity contribution in [2.45, 2.75) is 18.2 Å². The van der Waals surface area contributed by atoms with Crippen LogP contribution in [0.3, 0.4) is 0 Å². The van der Waals surface area contributed by atoms with Gasteiger partial charge in [0.05, 0.1) is 22.3 Å². The van der Waals surface area contributed by atoms with Crippen LogP contribution in [0, 0.1) is 0 Å². The van der Waals surface area contributed by atoms with Crippen LogP contribution in [0.4, 0.5) is 0 Å². The molecule has 1 aromatic heterocycles. The van der Waals surface area contributed by atoms with E-state index in [1.165, 1.54) is 16.3 Å². The van der Waals surface area contributed by atoms with E-state index in [-0.39, 0.29) is 17.2 Å². The van der Waals surface area contributed by atoms with Crippen LogP contribution in [-0.4, -0.2) is 26.1 Å². The van der Waals surface area contributed by atoms with E-state index < -0.39 is 0 Å². The van der Waals surface area contributed by atoms with Crippen LogP contribution in [0.15, 0.2) is 113 Å². The number of hydrogen-bond acceptors (Lipinski definition) is 4. The fourth-order valence-electron chi connectivity index (χ4n) is 4.11. The van der Waals surface area contributed by atoms with Gasteiger partial charge in [0.25, 0.3) is 5.56 Å². The van der Waals surface area contributed by atoms with Crippen molar-refractivity contribution in [3.8, 4) is 5.69 Å². The van der Waals surface area contributed by atoms with Gasteiger partial charge in [-0.2, -0.15) is 0 Å². The average molecular weight is 561 g/mol. The highest BCUT2D eigenvalue weighted by atomic mass is 35.5. The number of rotatable bonds is 8. The van der Waals surface area contributed by atoms with Gasteiger partial charge in [0.2, 0.25) is 5.91 Å². The van der Waals surface area contributed by atoms with Crippen LogP contribution in [0.1, 0.15) is 11.1 Å². The standard InChI is InChI=1S/C30H23Cl2N3O2S/c31-23-11-14-25(15-12-23)35-29(37)26-16-13-24(32)17-27(26)33-30(35)38-20-28(36)34(18-21-7-3-1-4-8-21)19-22-9-5-2-6-10-22/h1-17H,18-20H2. The van der Waals surface area contributed by atoms with E-state index in [9.17, 15) is 9.59 Å². The quantitative estimate of drug-likeness (QED) is 0.151. The predicted molar refractivity (Wildman–Crippen MR) is 155 cm³/mol. The molecule has 0 N–H and O–H groups in total. The van der Waals surface area contributed by atoms with Crippen molar-refractivity contribution in [2.24, 2.45) is 0 Å². The van der Waals surface area contributed by atoms with Gasteiger partial charge in [0, 0.05) is 23.1 Å². The lowest BCUT2D eigenvalue weighted by atomic mass is 10.1. The number of hydrogen-bond donors (Lipinski definition) is 0. The van der Waals surface area contributed by atoms with E-state index in [2.05, 4.69) is 0 Å². The highest BCUT2D eigenvalue weighted by Gasteiger charge is 2.19. The molecule has 0 saturated carbocycles. The first kappa shape index (κ1) is 26.0. The van der Waals surface area contributed by atoms with E-state index in [1.54, 1.807) is 42.5 Å². The van der Waals surface area contributed by atoms with Crippen LogP contribution in [0.5, 0.6) is 0 Å². The van der Waals surface area contributed by atoms with Crippen molar-refractivity contribution in [3.63, 3.8) is 0 Å². The molecule has 1 amide bonds. The van der Waals surface area contributed by atoms with E-state index in [4.69, 9.17) is 28.2 Å². The largest absolute Gasteiger partial charge is 0.333 e. The summed E-state index contributed by atoms with van der Waals surface area (Å²) in [4.78, 5) is 33.7. The van der Waals surface area contributed by atoms with Crippen molar-refractivity contribution >= 4 is 51.8 Å². The van der Waals surface area contributed by atoms with Gasteiger partial charge in [-0.05, 0) is 53.6 Å². The Kier molecular flexibility index (Phi) is 8.13. The molecule has 0 atom stereocenters. The van der Waals surface area contributed by atoms with Gasteiger partial charge in [-0.15, -0.1) is 0 Å². The number of amides is 1. The number of halogens is 2. The minimum atomic E-state index is -0.241. The Balaban J connectivity index is 1.47. The molecule has 0 spiro atoms. The van der Waals surface area contributed by atoms with Crippen molar-refractivity contribution in [1.82, 2.24) is 14.5 Å². The molecular formula is C30H23Cl2N3O2S. The second-order valence-corrected chi connectivity index (χ2v) is 10.5. The second-order valence-electron chi connectivity index (χ2n) is 8.68. The first-order valence-corrected chi connectivity index (χ1v) is 13.7. The molecule has 1 heterocycles. The molecule has 0 unspecified atom stereocenters. The van der Waals surface area contributed by atoms with Crippen molar-refractivity contribution in [2.75, 3.05) is 5.75 Å². The molecule has 190 valence electrons. The monoisotopic (exact) mass is 559 g/mol. The van der Waals surface area contributed by atoms with Gasteiger partial charge >= 0.3 is 0 Å². The Morgan fingerprint density at radius 2 is 1.37 bits per heavy atom. The second kappa shape index (κ2) is 11.9. The molecule has 0 aliphatic rings. The number of benzene rings is 4. The maximum Gasteiger partial charge on any atom is 0.266 e. The van der Waals surface area contributed by atoms with Gasteiger partial charge in [-0.1, -0.05) is 95.6 Å². The van der Waals surface area contributed by atoms with Crippen molar-refractivity contribution in [1.29, 1.82) is 0 Å². The molecule has 8 heteroatoms. The van der Waals surface area contributed by atoms with Gasteiger partial charge < -0.3 is 4.90 Å². The van der Waals surface area contributed by atoms with Crippen molar-refractivity contribution in [3.05, 3.63) is 135 Å². The number of thioether (sulfide) groups is 1. The van der Waals surface area contributed by atoms with Crippen LogP contribution in [-0.2, 0) is 17.9 Å². The molecule has 0 aliphatic heterocycles. The maximum atomic E-state index is 13.6. The number of carbonyl (C=O) groups is 1. The third kappa shape index (κ3) is 6.10. The zero-order chi connectivity index (χ0) is 26.5. The van der Waals surface area contributed by atoms with Crippen LogP contribution in [0.25, 0.3) is 16.6 Å². The maximum absolute atomic E-state index is 13.6. The first-order chi connectivity index (χ1) is 18.5. The highest BCUT2D eigenvalue weighted by Crippen LogP contribution is 2.25. The van der Waals surface area contributed by atoms with Crippen LogP contribution >= 0.6 is 35.0 Å². The Morgan fingerprint density at radius 1 is 0.789 bits per heavy atom. The van der Waals surface area contributed by atoms with Gasteiger partial charge in [0.1, 0.15) is 0 Å². The van der Waals surface area contributed by atoms with Crippen LogP contribution in [0.2, 0.25) is 10.0 Å². The molecular weight excluding hydrogens is 537 g/mol. The summed E-state index contributed by atoms with van der Waals surface area (Å²) in [7, 11) is 0. The third-order valence-corrected chi connectivity index (χ3v) is 7.41. The summed E-state index contributed by atoms with van der Waals surface area (Å²) in [5.74, 6) is 0.0389. The molecule has 38 heavy (non-hydrogen) atoms. The highest BCUT2D eigenvalue weighted by molar-refractivity contribution is 7.99. The lowest BCUT2D eigenvalue weighted by Crippen LogP contribution is -2.32. The zero-order valence-electron chi connectivity index (χ0n) is 20.3. The molecule has 0 aliphatic carbocycles. The zero-order valence-corrected chi connectivity index (χ0v) is 22.6. The minimum absolute atomic E-state index is 0.0641. The minimum Gasteiger partial charge on any atom is -0.333 e. The number of carbonyl (C=O) groups excluding carboxylic acids is 1. The van der Waals surface area contributed by atoms with E-state index in [0.717, 1.165) is 11.1 Å². The van der Waals surface area contributed by atoms with Gasteiger partial charge in [-0.3, -0.25) is 14.2 Å². The lowest BCUT2D eigenvalue weighted by molar-refractivity contribution is -0.129. The number of nitrogens with zero attached hydrogens (tertiary/aromatic N) is 3. The summed E-state index contributed by atoms with van der Waals surface area (Å²) in [6.07, 6.45) is 0. The fraction of sp³-hybridized carbons (Fsp3) is 0.100. The van der Waals surface area contributed by atoms with E-state index >= 15 is 0 Å². The fourth-order valence-corrected chi connectivity index (χ4v) is 5.32. The predicted octanol–water partition coefficient (Wildman–Crippen LogP) is 7.01. The summed E-state index contributed by atoms with van der Waals surface area (Å²) in [6, 6.07) is 31.7. The molecule has 4 aromatic carbocycles. The van der Waals surface area contributed by atoms with Crippen LogP contribution < -0.4 is 5.56 Å². The molecule has 0 bridgehead atoms. The van der Waals surface area contributed by atoms with E-state index in [0.29, 0.717) is 44.9 Å².